The zero-order valence-corrected chi connectivity index (χ0v) is 12.2. The lowest BCUT2D eigenvalue weighted by molar-refractivity contribution is -0.116. The van der Waals surface area contributed by atoms with Crippen LogP contribution in [0.4, 0.5) is 5.69 Å². The van der Waals surface area contributed by atoms with Crippen LogP contribution in [0.2, 0.25) is 10.0 Å². The van der Waals surface area contributed by atoms with Crippen molar-refractivity contribution in [3.8, 4) is 0 Å². The fraction of sp³-hybridized carbons (Fsp3) is 0.500. The number of hydrogen-bond donors (Lipinski definition) is 1. The van der Waals surface area contributed by atoms with Gasteiger partial charge in [0.1, 0.15) is 0 Å². The minimum Gasteiger partial charge on any atom is -0.325 e. The summed E-state index contributed by atoms with van der Waals surface area (Å²) in [4.78, 5) is 11.7. The monoisotopic (exact) mass is 287 g/mol. The van der Waals surface area contributed by atoms with E-state index in [1.54, 1.807) is 18.2 Å². The van der Waals surface area contributed by atoms with Gasteiger partial charge >= 0.3 is 0 Å². The van der Waals surface area contributed by atoms with Gasteiger partial charge < -0.3 is 5.32 Å². The molecule has 0 atom stereocenters. The number of nitrogens with one attached hydrogen (secondary N) is 1. The molecule has 0 aliphatic rings. The van der Waals surface area contributed by atoms with Gasteiger partial charge in [-0.25, -0.2) is 0 Å². The van der Waals surface area contributed by atoms with Crippen LogP contribution < -0.4 is 5.32 Å². The summed E-state index contributed by atoms with van der Waals surface area (Å²) < 4.78 is 0. The van der Waals surface area contributed by atoms with Gasteiger partial charge in [-0.2, -0.15) is 0 Å². The first-order valence-electron chi connectivity index (χ1n) is 6.39. The van der Waals surface area contributed by atoms with Crippen molar-refractivity contribution in [3.05, 3.63) is 28.2 Å². The second-order valence-corrected chi connectivity index (χ2v) is 5.10. The van der Waals surface area contributed by atoms with Gasteiger partial charge in [0.25, 0.3) is 0 Å². The van der Waals surface area contributed by atoms with Crippen molar-refractivity contribution < 1.29 is 4.79 Å². The summed E-state index contributed by atoms with van der Waals surface area (Å²) in [6.45, 7) is 2.17. The topological polar surface area (TPSA) is 29.1 Å². The van der Waals surface area contributed by atoms with Gasteiger partial charge in [0, 0.05) is 6.42 Å². The van der Waals surface area contributed by atoms with Crippen LogP contribution in [0.25, 0.3) is 0 Å². The quantitative estimate of drug-likeness (QED) is 0.678. The van der Waals surface area contributed by atoms with E-state index >= 15 is 0 Å². The Bertz CT molecular complexity index is 393. The highest BCUT2D eigenvalue weighted by Crippen LogP contribution is 2.29. The highest BCUT2D eigenvalue weighted by atomic mass is 35.5. The summed E-state index contributed by atoms with van der Waals surface area (Å²) in [7, 11) is 0. The molecule has 1 aromatic carbocycles. The van der Waals surface area contributed by atoms with Crippen molar-refractivity contribution in [1.29, 1.82) is 0 Å². The molecule has 1 aromatic rings. The van der Waals surface area contributed by atoms with Crippen molar-refractivity contribution in [2.45, 2.75) is 45.4 Å². The van der Waals surface area contributed by atoms with Crippen LogP contribution in [-0.4, -0.2) is 5.91 Å². The largest absolute Gasteiger partial charge is 0.325 e. The Morgan fingerprint density at radius 1 is 1.17 bits per heavy atom. The standard InChI is InChI=1S/C14H19Cl2NO/c1-2-3-4-5-6-10-13(18)17-12-9-7-8-11(15)14(12)16/h7-9H,2-6,10H2,1H3,(H,17,18). The van der Waals surface area contributed by atoms with E-state index in [2.05, 4.69) is 12.2 Å². The summed E-state index contributed by atoms with van der Waals surface area (Å²) in [6.07, 6.45) is 6.20. The Morgan fingerprint density at radius 3 is 2.61 bits per heavy atom. The second kappa shape index (κ2) is 8.39. The van der Waals surface area contributed by atoms with E-state index in [0.29, 0.717) is 22.2 Å². The van der Waals surface area contributed by atoms with Gasteiger partial charge in [-0.3, -0.25) is 4.79 Å². The number of anilines is 1. The van der Waals surface area contributed by atoms with Gasteiger partial charge in [-0.05, 0) is 18.6 Å². The van der Waals surface area contributed by atoms with Gasteiger partial charge in [-0.15, -0.1) is 0 Å². The van der Waals surface area contributed by atoms with Crippen LogP contribution in [0, 0.1) is 0 Å². The van der Waals surface area contributed by atoms with Crippen molar-refractivity contribution in [1.82, 2.24) is 0 Å². The number of carbonyl (C=O) groups excluding carboxylic acids is 1. The van der Waals surface area contributed by atoms with Crippen molar-refractivity contribution in [2.24, 2.45) is 0 Å². The minimum atomic E-state index is -0.00401. The van der Waals surface area contributed by atoms with Crippen LogP contribution in [0.5, 0.6) is 0 Å². The molecule has 1 amide bonds. The first-order valence-corrected chi connectivity index (χ1v) is 7.14. The molecule has 0 aromatic heterocycles. The van der Waals surface area contributed by atoms with Crippen LogP contribution >= 0.6 is 23.2 Å². The molecular weight excluding hydrogens is 269 g/mol. The Balaban J connectivity index is 2.34. The molecule has 1 rings (SSSR count). The molecule has 0 aliphatic heterocycles. The van der Waals surface area contributed by atoms with Gasteiger partial charge in [0.05, 0.1) is 15.7 Å². The molecule has 4 heteroatoms. The van der Waals surface area contributed by atoms with Gasteiger partial charge in [-0.1, -0.05) is 61.9 Å². The molecule has 1 N–H and O–H groups in total. The number of rotatable bonds is 7. The third kappa shape index (κ3) is 5.28. The van der Waals surface area contributed by atoms with E-state index in [1.165, 1.54) is 19.3 Å². The molecule has 100 valence electrons. The van der Waals surface area contributed by atoms with Crippen molar-refractivity contribution >= 4 is 34.8 Å². The first kappa shape index (κ1) is 15.3. The molecule has 0 fully saturated rings. The minimum absolute atomic E-state index is 0.00401. The summed E-state index contributed by atoms with van der Waals surface area (Å²) in [5, 5.41) is 3.64. The Labute approximate surface area is 119 Å². The maximum Gasteiger partial charge on any atom is 0.224 e. The average molecular weight is 288 g/mol. The SMILES string of the molecule is CCCCCCCC(=O)Nc1cccc(Cl)c1Cl. The highest BCUT2D eigenvalue weighted by Gasteiger charge is 2.07. The Hall–Kier alpha value is -0.730. The number of amides is 1. The van der Waals surface area contributed by atoms with Crippen LogP contribution in [-0.2, 0) is 4.79 Å². The van der Waals surface area contributed by atoms with Gasteiger partial charge in [0.15, 0.2) is 0 Å². The third-order valence-electron chi connectivity index (χ3n) is 2.73. The molecule has 0 aliphatic carbocycles. The third-order valence-corrected chi connectivity index (χ3v) is 3.55. The molecule has 0 bridgehead atoms. The maximum absolute atomic E-state index is 11.7. The molecule has 0 radical (unpaired) electrons. The van der Waals surface area contributed by atoms with Crippen molar-refractivity contribution in [3.63, 3.8) is 0 Å². The van der Waals surface area contributed by atoms with Crippen LogP contribution in [0.3, 0.4) is 0 Å². The van der Waals surface area contributed by atoms with Gasteiger partial charge in [0.2, 0.25) is 5.91 Å². The second-order valence-electron chi connectivity index (χ2n) is 4.31. The molecule has 0 heterocycles. The predicted octanol–water partition coefficient (Wildman–Crippen LogP) is 5.29. The fourth-order valence-corrected chi connectivity index (χ4v) is 2.05. The van der Waals surface area contributed by atoms with E-state index < -0.39 is 0 Å². The zero-order chi connectivity index (χ0) is 13.4. The maximum atomic E-state index is 11.7. The number of unbranched alkanes of at least 4 members (excludes halogenated alkanes) is 4. The van der Waals surface area contributed by atoms with E-state index in [0.717, 1.165) is 12.8 Å². The zero-order valence-electron chi connectivity index (χ0n) is 10.6. The summed E-state index contributed by atoms with van der Waals surface area (Å²) >= 11 is 11.9. The lowest BCUT2D eigenvalue weighted by Gasteiger charge is -2.08. The summed E-state index contributed by atoms with van der Waals surface area (Å²) in [5.74, 6) is -0.00401. The van der Waals surface area contributed by atoms with E-state index in [1.807, 2.05) is 0 Å². The van der Waals surface area contributed by atoms with E-state index in [-0.39, 0.29) is 5.91 Å². The van der Waals surface area contributed by atoms with Crippen LogP contribution in [0.15, 0.2) is 18.2 Å². The normalized spacial score (nSPS) is 10.4. The van der Waals surface area contributed by atoms with Crippen LogP contribution in [0.1, 0.15) is 45.4 Å². The predicted molar refractivity (Wildman–Crippen MR) is 78.5 cm³/mol. The first-order chi connectivity index (χ1) is 8.65. The number of benzene rings is 1. The molecule has 0 saturated heterocycles. The fourth-order valence-electron chi connectivity index (χ4n) is 1.70. The molecule has 0 saturated carbocycles. The molecule has 18 heavy (non-hydrogen) atoms. The lowest BCUT2D eigenvalue weighted by atomic mass is 10.1. The average Bonchev–Trinajstić information content (AvgIpc) is 2.35. The van der Waals surface area contributed by atoms with E-state index in [4.69, 9.17) is 23.2 Å². The summed E-state index contributed by atoms with van der Waals surface area (Å²) in [6, 6.07) is 5.22. The molecular formula is C14H19Cl2NO. The Kier molecular flexibility index (Phi) is 7.14. The number of carbonyl (C=O) groups is 1. The highest BCUT2D eigenvalue weighted by molar-refractivity contribution is 6.43. The molecule has 0 unspecified atom stereocenters. The smallest absolute Gasteiger partial charge is 0.224 e. The molecule has 2 nitrogen and oxygen atoms in total. The molecule has 0 spiro atoms. The number of hydrogen-bond acceptors (Lipinski definition) is 1. The van der Waals surface area contributed by atoms with E-state index in [9.17, 15) is 4.79 Å². The number of halogens is 2. The lowest BCUT2D eigenvalue weighted by Crippen LogP contribution is -2.11. The Morgan fingerprint density at radius 2 is 1.89 bits per heavy atom. The summed E-state index contributed by atoms with van der Waals surface area (Å²) in [5.41, 5.74) is 0.586. The van der Waals surface area contributed by atoms with Crippen molar-refractivity contribution in [2.75, 3.05) is 5.32 Å².